The molecule has 0 saturated carbocycles. The third-order valence-corrected chi connectivity index (χ3v) is 6.09. The molecule has 132 valence electrons. The fourth-order valence-corrected chi connectivity index (χ4v) is 4.80. The number of aromatic nitrogens is 3. The number of nitrogens with one attached hydrogen (secondary N) is 1. The van der Waals surface area contributed by atoms with Gasteiger partial charge in [0.05, 0.1) is 12.3 Å². The van der Waals surface area contributed by atoms with Crippen LogP contribution in [0.15, 0.2) is 34.0 Å². The molecule has 1 N–H and O–H groups in total. The normalized spacial score (nSPS) is 11.0. The largest absolute Gasteiger partial charge is 0.494 e. The predicted octanol–water partition coefficient (Wildman–Crippen LogP) is 5.17. The molecule has 2 heterocycles. The molecule has 25 heavy (non-hydrogen) atoms. The first-order chi connectivity index (χ1) is 12.1. The Kier molecular flexibility index (Phi) is 6.28. The van der Waals surface area contributed by atoms with Crippen molar-refractivity contribution in [1.29, 1.82) is 0 Å². The molecule has 1 aromatic carbocycles. The van der Waals surface area contributed by atoms with E-state index in [1.807, 2.05) is 19.1 Å². The van der Waals surface area contributed by atoms with Gasteiger partial charge in [-0.1, -0.05) is 23.1 Å². The van der Waals surface area contributed by atoms with E-state index in [2.05, 4.69) is 46.9 Å². The maximum atomic E-state index is 5.48. The second-order valence-electron chi connectivity index (χ2n) is 5.56. The van der Waals surface area contributed by atoms with Crippen LogP contribution in [0, 0.1) is 0 Å². The van der Waals surface area contributed by atoms with Gasteiger partial charge in [-0.25, -0.2) is 4.98 Å². The Balaban J connectivity index is 1.59. The first-order valence-electron chi connectivity index (χ1n) is 8.04. The first-order valence-corrected chi connectivity index (χ1v) is 10.7. The highest BCUT2D eigenvalue weighted by Crippen LogP contribution is 2.31. The fourth-order valence-electron chi connectivity index (χ4n) is 2.08. The van der Waals surface area contributed by atoms with Crippen molar-refractivity contribution < 1.29 is 4.74 Å². The lowest BCUT2D eigenvalue weighted by atomic mass is 10.2. The average molecular weight is 393 g/mol. The number of anilines is 1. The monoisotopic (exact) mass is 392 g/mol. The van der Waals surface area contributed by atoms with E-state index in [0.29, 0.717) is 12.6 Å². The summed E-state index contributed by atoms with van der Waals surface area (Å²) in [7, 11) is 0. The van der Waals surface area contributed by atoms with Crippen molar-refractivity contribution in [3.63, 3.8) is 0 Å². The van der Waals surface area contributed by atoms with Gasteiger partial charge < -0.3 is 10.1 Å². The van der Waals surface area contributed by atoms with E-state index in [4.69, 9.17) is 9.72 Å². The molecule has 0 unspecified atom stereocenters. The number of ether oxygens (including phenoxy) is 1. The molecule has 0 fully saturated rings. The summed E-state index contributed by atoms with van der Waals surface area (Å²) in [5.74, 6) is 1.68. The minimum absolute atomic E-state index is 0.362. The van der Waals surface area contributed by atoms with E-state index < -0.39 is 0 Å². The number of thioether (sulfide) groups is 1. The molecule has 3 rings (SSSR count). The summed E-state index contributed by atoms with van der Waals surface area (Å²) in [6.07, 6.45) is 0. The number of benzene rings is 1. The maximum Gasteiger partial charge on any atom is 0.206 e. The van der Waals surface area contributed by atoms with Crippen molar-refractivity contribution in [2.75, 3.05) is 11.9 Å². The smallest absolute Gasteiger partial charge is 0.206 e. The number of nitrogens with zero attached hydrogens (tertiary/aromatic N) is 3. The Labute approximate surface area is 159 Å². The van der Waals surface area contributed by atoms with Gasteiger partial charge in [0.1, 0.15) is 10.8 Å². The van der Waals surface area contributed by atoms with Crippen LogP contribution in [0.1, 0.15) is 26.5 Å². The summed E-state index contributed by atoms with van der Waals surface area (Å²) in [6, 6.07) is 8.43. The van der Waals surface area contributed by atoms with Crippen molar-refractivity contribution in [1.82, 2.24) is 15.2 Å². The molecule has 8 heteroatoms. The molecule has 0 radical (unpaired) electrons. The van der Waals surface area contributed by atoms with Gasteiger partial charge in [0, 0.05) is 22.7 Å². The van der Waals surface area contributed by atoms with Crippen molar-refractivity contribution in [3.05, 3.63) is 35.3 Å². The minimum Gasteiger partial charge on any atom is -0.494 e. The van der Waals surface area contributed by atoms with Gasteiger partial charge in [-0.15, -0.1) is 21.5 Å². The Bertz CT molecular complexity index is 798. The standard InChI is InChI=1S/C17H20N4OS3/c1-4-22-14-7-5-12(6-8-14)15-19-13(9-23-15)10-24-17-21-20-16(25-17)18-11(2)3/h5-9,11H,4,10H2,1-3H3,(H,18,20). The highest BCUT2D eigenvalue weighted by Gasteiger charge is 2.09. The summed E-state index contributed by atoms with van der Waals surface area (Å²) in [6.45, 7) is 6.84. The molecule has 2 aromatic heterocycles. The Morgan fingerprint density at radius 2 is 2.00 bits per heavy atom. The molecule has 5 nitrogen and oxygen atoms in total. The molecular weight excluding hydrogens is 372 g/mol. The number of hydrogen-bond acceptors (Lipinski definition) is 8. The van der Waals surface area contributed by atoms with Crippen LogP contribution >= 0.6 is 34.4 Å². The molecule has 0 aliphatic heterocycles. The van der Waals surface area contributed by atoms with Gasteiger partial charge in [0.2, 0.25) is 5.13 Å². The second kappa shape index (κ2) is 8.64. The van der Waals surface area contributed by atoms with E-state index in [-0.39, 0.29) is 0 Å². The molecular formula is C17H20N4OS3. The Morgan fingerprint density at radius 1 is 1.20 bits per heavy atom. The number of thiazole rings is 1. The van der Waals surface area contributed by atoms with Crippen LogP contribution in [-0.4, -0.2) is 27.8 Å². The molecule has 0 amide bonds. The Hall–Kier alpha value is -1.64. The summed E-state index contributed by atoms with van der Waals surface area (Å²) in [4.78, 5) is 4.72. The lowest BCUT2D eigenvalue weighted by Crippen LogP contribution is -2.08. The first kappa shape index (κ1) is 18.2. The second-order valence-corrected chi connectivity index (χ2v) is 8.62. The van der Waals surface area contributed by atoms with Crippen molar-refractivity contribution in [3.8, 4) is 16.3 Å². The summed E-state index contributed by atoms with van der Waals surface area (Å²) in [5.41, 5.74) is 2.18. The molecule has 0 saturated heterocycles. The molecule has 0 spiro atoms. The third kappa shape index (κ3) is 5.17. The lowest BCUT2D eigenvalue weighted by molar-refractivity contribution is 0.340. The van der Waals surface area contributed by atoms with Gasteiger partial charge in [-0.2, -0.15) is 0 Å². The predicted molar refractivity (Wildman–Crippen MR) is 107 cm³/mol. The van der Waals surface area contributed by atoms with E-state index in [0.717, 1.165) is 37.2 Å². The minimum atomic E-state index is 0.362. The maximum absolute atomic E-state index is 5.48. The molecule has 0 bridgehead atoms. The molecule has 3 aromatic rings. The van der Waals surface area contributed by atoms with Gasteiger partial charge >= 0.3 is 0 Å². The molecule has 0 aliphatic carbocycles. The number of hydrogen-bond donors (Lipinski definition) is 1. The van der Waals surface area contributed by atoms with Crippen LogP contribution in [-0.2, 0) is 5.75 Å². The van der Waals surface area contributed by atoms with E-state index in [1.165, 1.54) is 0 Å². The van der Waals surface area contributed by atoms with Crippen LogP contribution in [0.2, 0.25) is 0 Å². The highest BCUT2D eigenvalue weighted by atomic mass is 32.2. The van der Waals surface area contributed by atoms with Crippen LogP contribution in [0.4, 0.5) is 5.13 Å². The van der Waals surface area contributed by atoms with E-state index in [1.54, 1.807) is 34.4 Å². The van der Waals surface area contributed by atoms with Gasteiger partial charge in [0.15, 0.2) is 4.34 Å². The van der Waals surface area contributed by atoms with Crippen LogP contribution < -0.4 is 10.1 Å². The summed E-state index contributed by atoms with van der Waals surface area (Å²) >= 11 is 4.91. The van der Waals surface area contributed by atoms with Crippen LogP contribution in [0.3, 0.4) is 0 Å². The quantitative estimate of drug-likeness (QED) is 0.534. The summed E-state index contributed by atoms with van der Waals surface area (Å²) < 4.78 is 6.44. The average Bonchev–Trinajstić information content (AvgIpc) is 3.23. The lowest BCUT2D eigenvalue weighted by Gasteiger charge is -2.03. The highest BCUT2D eigenvalue weighted by molar-refractivity contribution is 8.00. The van der Waals surface area contributed by atoms with Crippen LogP contribution in [0.5, 0.6) is 5.75 Å². The zero-order valence-electron chi connectivity index (χ0n) is 14.4. The zero-order valence-corrected chi connectivity index (χ0v) is 16.8. The zero-order chi connectivity index (χ0) is 17.6. The Morgan fingerprint density at radius 3 is 2.72 bits per heavy atom. The van der Waals surface area contributed by atoms with E-state index >= 15 is 0 Å². The van der Waals surface area contributed by atoms with Crippen LogP contribution in [0.25, 0.3) is 10.6 Å². The summed E-state index contributed by atoms with van der Waals surface area (Å²) in [5, 5.41) is 15.6. The van der Waals surface area contributed by atoms with Crippen molar-refractivity contribution in [2.24, 2.45) is 0 Å². The number of rotatable bonds is 8. The molecule has 0 atom stereocenters. The topological polar surface area (TPSA) is 59.9 Å². The fraction of sp³-hybridized carbons (Fsp3) is 0.353. The SMILES string of the molecule is CCOc1ccc(-c2nc(CSc3nnc(NC(C)C)s3)cs2)cc1. The van der Waals surface area contributed by atoms with E-state index in [9.17, 15) is 0 Å². The van der Waals surface area contributed by atoms with Crippen molar-refractivity contribution >= 4 is 39.6 Å². The molecule has 0 aliphatic rings. The third-order valence-electron chi connectivity index (χ3n) is 3.13. The van der Waals surface area contributed by atoms with Gasteiger partial charge in [-0.05, 0) is 45.0 Å². The van der Waals surface area contributed by atoms with Gasteiger partial charge in [0.25, 0.3) is 0 Å². The van der Waals surface area contributed by atoms with Gasteiger partial charge in [-0.3, -0.25) is 0 Å². The van der Waals surface area contributed by atoms with Crippen molar-refractivity contribution in [2.45, 2.75) is 36.9 Å².